The van der Waals surface area contributed by atoms with E-state index in [1.807, 2.05) is 11.8 Å². The molecular weight excluding hydrogens is 303 g/mol. The number of nitrogens with one attached hydrogen (secondary N) is 2. The van der Waals surface area contributed by atoms with Gasteiger partial charge in [0, 0.05) is 42.3 Å². The van der Waals surface area contributed by atoms with Gasteiger partial charge in [-0.1, -0.05) is 0 Å². The second kappa shape index (κ2) is 8.34. The average Bonchev–Trinajstić information content (AvgIpc) is 2.42. The van der Waals surface area contributed by atoms with E-state index in [2.05, 4.69) is 10.6 Å². The topological polar surface area (TPSA) is 50.4 Å². The van der Waals surface area contributed by atoms with Crippen LogP contribution >= 0.6 is 24.2 Å². The zero-order valence-corrected chi connectivity index (χ0v) is 12.8. The lowest BCUT2D eigenvalue weighted by Crippen LogP contribution is -2.39. The van der Waals surface area contributed by atoms with Crippen molar-refractivity contribution in [2.24, 2.45) is 0 Å². The fourth-order valence-electron chi connectivity index (χ4n) is 1.92. The molecule has 1 atom stereocenters. The number of methoxy groups -OCH3 is 1. The van der Waals surface area contributed by atoms with Gasteiger partial charge in [0.2, 0.25) is 5.91 Å². The minimum absolute atomic E-state index is 0. The molecule has 0 saturated carbocycles. The Morgan fingerprint density at radius 2 is 2.40 bits per heavy atom. The van der Waals surface area contributed by atoms with Crippen LogP contribution in [0.25, 0.3) is 0 Å². The van der Waals surface area contributed by atoms with E-state index >= 15 is 0 Å². The van der Waals surface area contributed by atoms with E-state index in [4.69, 9.17) is 4.74 Å². The van der Waals surface area contributed by atoms with Gasteiger partial charge in [-0.05, 0) is 12.1 Å². The third kappa shape index (κ3) is 4.85. The predicted octanol–water partition coefficient (Wildman–Crippen LogP) is 2.29. The summed E-state index contributed by atoms with van der Waals surface area (Å²) in [5.74, 6) is 1.65. The molecule has 0 aliphatic carbocycles. The van der Waals surface area contributed by atoms with Crippen LogP contribution in [0.1, 0.15) is 6.42 Å². The normalized spacial score (nSPS) is 18.0. The zero-order chi connectivity index (χ0) is 13.7. The van der Waals surface area contributed by atoms with Gasteiger partial charge in [-0.25, -0.2) is 4.39 Å². The molecule has 2 rings (SSSR count). The van der Waals surface area contributed by atoms with Crippen molar-refractivity contribution in [2.75, 3.05) is 30.5 Å². The number of carbonyl (C=O) groups is 1. The van der Waals surface area contributed by atoms with Crippen LogP contribution in [0, 0.1) is 5.82 Å². The Morgan fingerprint density at radius 3 is 3.05 bits per heavy atom. The number of anilines is 1. The van der Waals surface area contributed by atoms with Gasteiger partial charge in [0.05, 0.1) is 7.11 Å². The maximum absolute atomic E-state index is 13.2. The van der Waals surface area contributed by atoms with E-state index in [1.54, 1.807) is 0 Å². The van der Waals surface area contributed by atoms with Gasteiger partial charge in [-0.15, -0.1) is 12.4 Å². The standard InChI is InChI=1S/C13H17FN2O2S.ClH/c1-18-12-6-9(2-3-11(12)14)16-13(17)7-10-8-19-5-4-15-10;/h2-3,6,10,15H,4-5,7-8H2,1H3,(H,16,17);1H. The summed E-state index contributed by atoms with van der Waals surface area (Å²) in [4.78, 5) is 11.9. The molecule has 7 heteroatoms. The second-order valence-electron chi connectivity index (χ2n) is 4.33. The molecule has 1 amide bonds. The fourth-order valence-corrected chi connectivity index (χ4v) is 2.87. The molecule has 20 heavy (non-hydrogen) atoms. The Hall–Kier alpha value is -0.980. The second-order valence-corrected chi connectivity index (χ2v) is 5.48. The Labute approximate surface area is 128 Å². The highest BCUT2D eigenvalue weighted by atomic mass is 35.5. The quantitative estimate of drug-likeness (QED) is 0.893. The summed E-state index contributed by atoms with van der Waals surface area (Å²) < 4.78 is 18.1. The van der Waals surface area contributed by atoms with Gasteiger partial charge in [0.25, 0.3) is 0 Å². The molecule has 4 nitrogen and oxygen atoms in total. The van der Waals surface area contributed by atoms with Crippen molar-refractivity contribution in [1.29, 1.82) is 0 Å². The highest BCUT2D eigenvalue weighted by Gasteiger charge is 2.17. The molecule has 1 aliphatic heterocycles. The summed E-state index contributed by atoms with van der Waals surface area (Å²) in [6, 6.07) is 4.50. The summed E-state index contributed by atoms with van der Waals surface area (Å²) in [6.07, 6.45) is 0.423. The van der Waals surface area contributed by atoms with E-state index in [0.29, 0.717) is 12.1 Å². The van der Waals surface area contributed by atoms with Crippen LogP contribution < -0.4 is 15.4 Å². The fraction of sp³-hybridized carbons (Fsp3) is 0.462. The highest BCUT2D eigenvalue weighted by molar-refractivity contribution is 7.99. The molecule has 2 N–H and O–H groups in total. The number of rotatable bonds is 4. The van der Waals surface area contributed by atoms with E-state index in [-0.39, 0.29) is 30.1 Å². The molecule has 112 valence electrons. The van der Waals surface area contributed by atoms with E-state index in [0.717, 1.165) is 18.1 Å². The number of ether oxygens (including phenoxy) is 1. The number of hydrogen-bond donors (Lipinski definition) is 2. The van der Waals surface area contributed by atoms with Crippen molar-refractivity contribution >= 4 is 35.8 Å². The molecule has 0 spiro atoms. The molecular formula is C13H18ClFN2O2S. The molecule has 0 aromatic heterocycles. The van der Waals surface area contributed by atoms with Gasteiger partial charge in [-0.3, -0.25) is 4.79 Å². The first-order valence-electron chi connectivity index (χ1n) is 6.13. The molecule has 1 fully saturated rings. The number of halogens is 2. The molecule has 1 aromatic carbocycles. The van der Waals surface area contributed by atoms with E-state index in [1.165, 1.54) is 25.3 Å². The highest BCUT2D eigenvalue weighted by Crippen LogP contribution is 2.21. The molecule has 0 radical (unpaired) electrons. The van der Waals surface area contributed by atoms with Gasteiger partial charge < -0.3 is 15.4 Å². The number of benzene rings is 1. The lowest BCUT2D eigenvalue weighted by Gasteiger charge is -2.22. The van der Waals surface area contributed by atoms with Gasteiger partial charge >= 0.3 is 0 Å². The maximum atomic E-state index is 13.2. The summed E-state index contributed by atoms with van der Waals surface area (Å²) >= 11 is 1.85. The third-order valence-corrected chi connectivity index (χ3v) is 4.00. The summed E-state index contributed by atoms with van der Waals surface area (Å²) in [5, 5.41) is 6.06. The Kier molecular flexibility index (Phi) is 7.12. The molecule has 1 aromatic rings. The SMILES string of the molecule is COc1cc(NC(=O)CC2CSCCN2)ccc1F.Cl. The van der Waals surface area contributed by atoms with Crippen LogP contribution in [-0.4, -0.2) is 37.1 Å². The Morgan fingerprint density at radius 1 is 1.60 bits per heavy atom. The van der Waals surface area contributed by atoms with Gasteiger partial charge in [-0.2, -0.15) is 11.8 Å². The van der Waals surface area contributed by atoms with Crippen molar-refractivity contribution in [3.63, 3.8) is 0 Å². The van der Waals surface area contributed by atoms with Gasteiger partial charge in [0.1, 0.15) is 0 Å². The maximum Gasteiger partial charge on any atom is 0.225 e. The average molecular weight is 321 g/mol. The minimum Gasteiger partial charge on any atom is -0.494 e. The number of hydrogen-bond acceptors (Lipinski definition) is 4. The van der Waals surface area contributed by atoms with E-state index in [9.17, 15) is 9.18 Å². The molecule has 1 unspecified atom stereocenters. The van der Waals surface area contributed by atoms with Crippen LogP contribution in [0.3, 0.4) is 0 Å². The van der Waals surface area contributed by atoms with E-state index < -0.39 is 5.82 Å². The van der Waals surface area contributed by atoms with Crippen LogP contribution in [0.2, 0.25) is 0 Å². The lowest BCUT2D eigenvalue weighted by molar-refractivity contribution is -0.116. The number of thioether (sulfide) groups is 1. The molecule has 1 saturated heterocycles. The molecule has 1 aliphatic rings. The summed E-state index contributed by atoms with van der Waals surface area (Å²) in [5.41, 5.74) is 0.548. The van der Waals surface area contributed by atoms with Crippen LogP contribution in [0.15, 0.2) is 18.2 Å². The third-order valence-electron chi connectivity index (χ3n) is 2.87. The number of carbonyl (C=O) groups excluding carboxylic acids is 1. The first-order chi connectivity index (χ1) is 9.19. The smallest absolute Gasteiger partial charge is 0.225 e. The first-order valence-corrected chi connectivity index (χ1v) is 7.29. The van der Waals surface area contributed by atoms with Crippen molar-refractivity contribution in [3.8, 4) is 5.75 Å². The summed E-state index contributed by atoms with van der Waals surface area (Å²) in [6.45, 7) is 0.937. The van der Waals surface area contributed by atoms with Gasteiger partial charge in [0.15, 0.2) is 11.6 Å². The summed E-state index contributed by atoms with van der Waals surface area (Å²) in [7, 11) is 1.40. The van der Waals surface area contributed by atoms with Crippen molar-refractivity contribution < 1.29 is 13.9 Å². The van der Waals surface area contributed by atoms with Crippen LogP contribution in [-0.2, 0) is 4.79 Å². The Balaban J connectivity index is 0.00000200. The largest absolute Gasteiger partial charge is 0.494 e. The van der Waals surface area contributed by atoms with Crippen LogP contribution in [0.5, 0.6) is 5.75 Å². The van der Waals surface area contributed by atoms with Crippen LogP contribution in [0.4, 0.5) is 10.1 Å². The van der Waals surface area contributed by atoms with Crippen molar-refractivity contribution in [3.05, 3.63) is 24.0 Å². The number of amides is 1. The van der Waals surface area contributed by atoms with Crippen molar-refractivity contribution in [2.45, 2.75) is 12.5 Å². The minimum atomic E-state index is -0.439. The predicted molar refractivity (Wildman–Crippen MR) is 82.6 cm³/mol. The zero-order valence-electron chi connectivity index (χ0n) is 11.1. The van der Waals surface area contributed by atoms with Crippen molar-refractivity contribution in [1.82, 2.24) is 5.32 Å². The Bertz CT molecular complexity index is 456. The first kappa shape index (κ1) is 17.1. The monoisotopic (exact) mass is 320 g/mol. The molecule has 0 bridgehead atoms. The lowest BCUT2D eigenvalue weighted by atomic mass is 10.2. The molecule has 1 heterocycles.